The summed E-state index contributed by atoms with van der Waals surface area (Å²) in [4.78, 5) is 0. The molecular formula is C17H29B. The Hall–Kier alpha value is -0.715. The van der Waals surface area contributed by atoms with Crippen LogP contribution in [0.2, 0.25) is 6.82 Å². The number of hydrogen-bond donors (Lipinski definition) is 0. The van der Waals surface area contributed by atoms with Crippen LogP contribution in [0.5, 0.6) is 0 Å². The van der Waals surface area contributed by atoms with Gasteiger partial charge in [0, 0.05) is 0 Å². The van der Waals surface area contributed by atoms with Gasteiger partial charge in [0.1, 0.15) is 7.28 Å². The maximum Gasteiger partial charge on any atom is 0.126 e. The van der Waals surface area contributed by atoms with Gasteiger partial charge < -0.3 is 0 Å². The molecule has 0 nitrogen and oxygen atoms in total. The van der Waals surface area contributed by atoms with Crippen LogP contribution in [0.4, 0.5) is 0 Å². The third kappa shape index (κ3) is 3.64. The summed E-state index contributed by atoms with van der Waals surface area (Å²) in [7, 11) is 1.21. The molecule has 0 spiro atoms. The first-order valence-corrected chi connectivity index (χ1v) is 7.21. The second-order valence-electron chi connectivity index (χ2n) is 7.65. The average Bonchev–Trinajstić information content (AvgIpc) is 2.25. The Morgan fingerprint density at radius 1 is 0.833 bits per heavy atom. The standard InChI is InChI=1S/C17H29B/c1-12(18-8)13-9-14(16(2,3)4)11-15(10-13)17(5,6)7/h9-12,18H,1-8H3. The lowest BCUT2D eigenvalue weighted by atomic mass is 9.63. The van der Waals surface area contributed by atoms with Gasteiger partial charge in [-0.1, -0.05) is 79.1 Å². The number of rotatable bonds is 2. The molecule has 0 aromatic heterocycles. The van der Waals surface area contributed by atoms with Crippen molar-refractivity contribution >= 4 is 7.28 Å². The van der Waals surface area contributed by atoms with Gasteiger partial charge in [-0.15, -0.1) is 0 Å². The summed E-state index contributed by atoms with van der Waals surface area (Å²) < 4.78 is 0. The van der Waals surface area contributed by atoms with E-state index in [1.165, 1.54) is 24.0 Å². The topological polar surface area (TPSA) is 0 Å². The maximum absolute atomic E-state index is 2.41. The highest BCUT2D eigenvalue weighted by Crippen LogP contribution is 2.32. The smallest absolute Gasteiger partial charge is 0.0888 e. The zero-order valence-corrected chi connectivity index (χ0v) is 13.5. The fraction of sp³-hybridized carbons (Fsp3) is 0.647. The fourth-order valence-electron chi connectivity index (χ4n) is 2.04. The van der Waals surface area contributed by atoms with Crippen LogP contribution in [0.3, 0.4) is 0 Å². The van der Waals surface area contributed by atoms with Gasteiger partial charge in [-0.25, -0.2) is 0 Å². The Labute approximate surface area is 114 Å². The van der Waals surface area contributed by atoms with E-state index in [2.05, 4.69) is 73.5 Å². The van der Waals surface area contributed by atoms with Crippen LogP contribution in [-0.2, 0) is 10.8 Å². The largest absolute Gasteiger partial charge is 0.126 e. The quantitative estimate of drug-likeness (QED) is 0.654. The highest BCUT2D eigenvalue weighted by molar-refractivity contribution is 6.35. The maximum atomic E-state index is 2.41. The van der Waals surface area contributed by atoms with Gasteiger partial charge in [0.2, 0.25) is 0 Å². The molecule has 1 aromatic carbocycles. The summed E-state index contributed by atoms with van der Waals surface area (Å²) in [5, 5.41) is 0. The van der Waals surface area contributed by atoms with Crippen LogP contribution in [0.1, 0.15) is 71.0 Å². The molecule has 0 saturated carbocycles. The monoisotopic (exact) mass is 244 g/mol. The van der Waals surface area contributed by atoms with E-state index < -0.39 is 0 Å². The van der Waals surface area contributed by atoms with Crippen LogP contribution >= 0.6 is 0 Å². The predicted octanol–water partition coefficient (Wildman–Crippen LogP) is 4.83. The van der Waals surface area contributed by atoms with Gasteiger partial charge in [-0.2, -0.15) is 0 Å². The second kappa shape index (κ2) is 5.11. The molecule has 1 atom stereocenters. The van der Waals surface area contributed by atoms with Gasteiger partial charge in [0.25, 0.3) is 0 Å². The molecule has 0 aliphatic carbocycles. The SMILES string of the molecule is CBC(C)c1cc(C(C)(C)C)cc(C(C)(C)C)c1. The first-order chi connectivity index (χ1) is 8.05. The predicted molar refractivity (Wildman–Crippen MR) is 85.3 cm³/mol. The molecule has 0 radical (unpaired) electrons. The van der Waals surface area contributed by atoms with Gasteiger partial charge >= 0.3 is 0 Å². The number of benzene rings is 1. The lowest BCUT2D eigenvalue weighted by Crippen LogP contribution is -2.18. The Morgan fingerprint density at radius 3 is 1.50 bits per heavy atom. The molecular weight excluding hydrogens is 215 g/mol. The van der Waals surface area contributed by atoms with Crippen LogP contribution < -0.4 is 0 Å². The summed E-state index contributed by atoms with van der Waals surface area (Å²) in [6.45, 7) is 18.4. The van der Waals surface area contributed by atoms with Crippen molar-refractivity contribution in [2.45, 2.75) is 71.9 Å². The van der Waals surface area contributed by atoms with E-state index in [0.29, 0.717) is 5.82 Å². The van der Waals surface area contributed by atoms with E-state index in [4.69, 9.17) is 0 Å². The van der Waals surface area contributed by atoms with E-state index in [1.54, 1.807) is 0 Å². The molecule has 0 amide bonds. The highest BCUT2D eigenvalue weighted by atomic mass is 14.2. The zero-order valence-electron chi connectivity index (χ0n) is 13.5. The van der Waals surface area contributed by atoms with E-state index in [-0.39, 0.29) is 10.8 Å². The molecule has 0 bridgehead atoms. The summed E-state index contributed by atoms with van der Waals surface area (Å²) in [6.07, 6.45) is 0. The van der Waals surface area contributed by atoms with Gasteiger partial charge in [-0.05, 0) is 27.8 Å². The molecule has 100 valence electrons. The van der Waals surface area contributed by atoms with Crippen LogP contribution in [0, 0.1) is 0 Å². The van der Waals surface area contributed by atoms with Crippen molar-refractivity contribution in [3.05, 3.63) is 34.9 Å². The molecule has 0 fully saturated rings. The van der Waals surface area contributed by atoms with Crippen molar-refractivity contribution < 1.29 is 0 Å². The Kier molecular flexibility index (Phi) is 4.36. The molecule has 1 heteroatoms. The first kappa shape index (κ1) is 15.3. The van der Waals surface area contributed by atoms with Crippen LogP contribution in [0.25, 0.3) is 0 Å². The third-order valence-electron chi connectivity index (χ3n) is 3.87. The Bertz CT molecular complexity index is 372. The summed E-state index contributed by atoms with van der Waals surface area (Å²) in [6, 6.07) is 7.21. The number of hydrogen-bond acceptors (Lipinski definition) is 0. The summed E-state index contributed by atoms with van der Waals surface area (Å²) in [5.41, 5.74) is 4.87. The van der Waals surface area contributed by atoms with Crippen LogP contribution in [0.15, 0.2) is 18.2 Å². The molecule has 18 heavy (non-hydrogen) atoms. The summed E-state index contributed by atoms with van der Waals surface area (Å²) >= 11 is 0. The minimum Gasteiger partial charge on any atom is -0.0888 e. The molecule has 0 saturated heterocycles. The minimum absolute atomic E-state index is 0.226. The van der Waals surface area contributed by atoms with E-state index in [1.807, 2.05) is 0 Å². The van der Waals surface area contributed by atoms with Gasteiger partial charge in [-0.3, -0.25) is 0 Å². The first-order valence-electron chi connectivity index (χ1n) is 7.21. The van der Waals surface area contributed by atoms with Crippen molar-refractivity contribution in [3.8, 4) is 0 Å². The van der Waals surface area contributed by atoms with Crippen molar-refractivity contribution in [3.63, 3.8) is 0 Å². The normalized spacial score (nSPS) is 14.4. The molecule has 1 aromatic rings. The van der Waals surface area contributed by atoms with Crippen molar-refractivity contribution in [1.29, 1.82) is 0 Å². The molecule has 0 aliphatic heterocycles. The van der Waals surface area contributed by atoms with E-state index in [9.17, 15) is 0 Å². The van der Waals surface area contributed by atoms with Crippen molar-refractivity contribution in [1.82, 2.24) is 0 Å². The summed E-state index contributed by atoms with van der Waals surface area (Å²) in [5.74, 6) is 0.647. The second-order valence-corrected chi connectivity index (χ2v) is 7.65. The van der Waals surface area contributed by atoms with Crippen molar-refractivity contribution in [2.75, 3.05) is 0 Å². The molecule has 1 unspecified atom stereocenters. The molecule has 0 aliphatic rings. The zero-order chi connectivity index (χ0) is 14.1. The lowest BCUT2D eigenvalue weighted by Gasteiger charge is -2.27. The Balaban J connectivity index is 3.39. The minimum atomic E-state index is 0.226. The van der Waals surface area contributed by atoms with Crippen LogP contribution in [-0.4, -0.2) is 7.28 Å². The molecule has 0 N–H and O–H groups in total. The highest BCUT2D eigenvalue weighted by Gasteiger charge is 2.21. The van der Waals surface area contributed by atoms with E-state index in [0.717, 1.165) is 0 Å². The van der Waals surface area contributed by atoms with Gasteiger partial charge in [0.15, 0.2) is 0 Å². The Morgan fingerprint density at radius 2 is 1.22 bits per heavy atom. The van der Waals surface area contributed by atoms with Gasteiger partial charge in [0.05, 0.1) is 0 Å². The van der Waals surface area contributed by atoms with Crippen molar-refractivity contribution in [2.24, 2.45) is 0 Å². The molecule has 0 heterocycles. The average molecular weight is 244 g/mol. The fourth-order valence-corrected chi connectivity index (χ4v) is 2.04. The molecule has 1 rings (SSSR count). The lowest BCUT2D eigenvalue weighted by molar-refractivity contribution is 0.567. The van der Waals surface area contributed by atoms with E-state index >= 15 is 0 Å². The third-order valence-corrected chi connectivity index (χ3v) is 3.87.